The number of halogens is 4. The Labute approximate surface area is 216 Å². The maximum Gasteiger partial charge on any atom is 0.416 e. The molecule has 0 saturated carbocycles. The van der Waals surface area contributed by atoms with E-state index in [4.69, 9.17) is 17.2 Å². The molecule has 0 aliphatic rings. The Bertz CT molecular complexity index is 1290. The lowest BCUT2D eigenvalue weighted by molar-refractivity contribution is -0.137. The van der Waals surface area contributed by atoms with E-state index in [1.165, 1.54) is 24.4 Å². The third-order valence-corrected chi connectivity index (χ3v) is 5.64. The summed E-state index contributed by atoms with van der Waals surface area (Å²) < 4.78 is 53.2. The number of rotatable bonds is 12. The summed E-state index contributed by atoms with van der Waals surface area (Å²) in [5.41, 5.74) is 16.2. The summed E-state index contributed by atoms with van der Waals surface area (Å²) in [6.07, 6.45) is -1.74. The second-order valence-electron chi connectivity index (χ2n) is 8.56. The first-order chi connectivity index (χ1) is 18.1. The average molecular weight is 535 g/mol. The van der Waals surface area contributed by atoms with E-state index in [9.17, 15) is 22.4 Å². The normalized spacial score (nSPS) is 11.5. The molecule has 0 atom stereocenters. The highest BCUT2D eigenvalue weighted by atomic mass is 19.4. The molecule has 0 fully saturated rings. The van der Waals surface area contributed by atoms with Crippen LogP contribution in [0.3, 0.4) is 0 Å². The molecule has 0 amide bonds. The Balaban J connectivity index is 1.70. The Kier molecular flexibility index (Phi) is 9.79. The maximum atomic E-state index is 15.0. The van der Waals surface area contributed by atoms with Crippen LogP contribution in [0.5, 0.6) is 0 Å². The van der Waals surface area contributed by atoms with Crippen LogP contribution in [0.1, 0.15) is 24.0 Å². The van der Waals surface area contributed by atoms with Crippen LogP contribution in [0, 0.1) is 5.82 Å². The number of alkyl halides is 3. The minimum Gasteiger partial charge on any atom is -0.370 e. The van der Waals surface area contributed by atoms with E-state index in [2.05, 4.69) is 25.2 Å². The van der Waals surface area contributed by atoms with E-state index in [1.807, 2.05) is 0 Å². The highest BCUT2D eigenvalue weighted by Crippen LogP contribution is 2.30. The number of nitrogens with two attached hydrogens (primary N) is 3. The van der Waals surface area contributed by atoms with Gasteiger partial charge in [0.2, 0.25) is 5.95 Å². The molecule has 9 nitrogen and oxygen atoms in total. The van der Waals surface area contributed by atoms with Crippen LogP contribution in [0.15, 0.2) is 58.4 Å². The smallest absolute Gasteiger partial charge is 0.370 e. The Morgan fingerprint density at radius 1 is 1.08 bits per heavy atom. The molecule has 13 heteroatoms. The summed E-state index contributed by atoms with van der Waals surface area (Å²) in [5, 5.41) is 2.74. The molecule has 0 aliphatic carbocycles. The number of H-pyrrole nitrogens is 1. The molecule has 8 N–H and O–H groups in total. The lowest BCUT2D eigenvalue weighted by Crippen LogP contribution is -2.28. The molecule has 0 aliphatic heterocycles. The molecule has 1 aromatic heterocycles. The second-order valence-corrected chi connectivity index (χ2v) is 8.56. The highest BCUT2D eigenvalue weighted by Gasteiger charge is 2.29. The molecular formula is C25H30F4N8O. The van der Waals surface area contributed by atoms with Crippen molar-refractivity contribution in [1.82, 2.24) is 14.9 Å². The third kappa shape index (κ3) is 8.28. The molecule has 0 saturated heterocycles. The number of hydrogen-bond donors (Lipinski definition) is 5. The molecule has 2 aromatic carbocycles. The maximum absolute atomic E-state index is 15.0. The van der Waals surface area contributed by atoms with Crippen LogP contribution in [0.4, 0.5) is 29.2 Å². The van der Waals surface area contributed by atoms with Gasteiger partial charge in [0.25, 0.3) is 5.56 Å². The lowest BCUT2D eigenvalue weighted by atomic mass is 10.1. The SMILES string of the molecule is NCCCN(CCCN=C(N)N)Cc1ccc(-c2cnc(Nc3ccc(C(F)(F)F)cc3)[nH]c2=O)cc1F. The van der Waals surface area contributed by atoms with Gasteiger partial charge in [0, 0.05) is 37.1 Å². The first kappa shape index (κ1) is 28.6. The fraction of sp³-hybridized carbons (Fsp3) is 0.320. The number of anilines is 2. The van der Waals surface area contributed by atoms with E-state index in [1.54, 1.807) is 12.1 Å². The van der Waals surface area contributed by atoms with E-state index < -0.39 is 23.1 Å². The topological polar surface area (TPSA) is 151 Å². The lowest BCUT2D eigenvalue weighted by Gasteiger charge is -2.22. The van der Waals surface area contributed by atoms with Crippen LogP contribution in [0.2, 0.25) is 0 Å². The number of benzene rings is 2. The summed E-state index contributed by atoms with van der Waals surface area (Å²) in [6.45, 7) is 2.64. The predicted molar refractivity (Wildman–Crippen MR) is 139 cm³/mol. The van der Waals surface area contributed by atoms with Gasteiger partial charge in [-0.25, -0.2) is 9.37 Å². The molecular weight excluding hydrogens is 504 g/mol. The first-order valence-corrected chi connectivity index (χ1v) is 11.9. The van der Waals surface area contributed by atoms with Crippen LogP contribution >= 0.6 is 0 Å². The zero-order valence-electron chi connectivity index (χ0n) is 20.6. The van der Waals surface area contributed by atoms with Gasteiger partial charge in [-0.15, -0.1) is 0 Å². The summed E-state index contributed by atoms with van der Waals surface area (Å²) in [6, 6.07) is 8.80. The molecule has 0 unspecified atom stereocenters. The quantitative estimate of drug-likeness (QED) is 0.104. The van der Waals surface area contributed by atoms with Crippen LogP contribution in [-0.2, 0) is 12.7 Å². The second kappa shape index (κ2) is 13.0. The third-order valence-electron chi connectivity index (χ3n) is 5.64. The summed E-state index contributed by atoms with van der Waals surface area (Å²) in [7, 11) is 0. The molecule has 1 heterocycles. The van der Waals surface area contributed by atoms with E-state index in [0.717, 1.165) is 18.6 Å². The zero-order chi connectivity index (χ0) is 27.7. The van der Waals surface area contributed by atoms with Gasteiger partial charge in [0.15, 0.2) is 5.96 Å². The largest absolute Gasteiger partial charge is 0.416 e. The van der Waals surface area contributed by atoms with Crippen molar-refractivity contribution >= 4 is 17.6 Å². The minimum atomic E-state index is -4.45. The number of aromatic nitrogens is 2. The molecule has 0 bridgehead atoms. The summed E-state index contributed by atoms with van der Waals surface area (Å²) >= 11 is 0. The van der Waals surface area contributed by atoms with Gasteiger partial charge >= 0.3 is 6.18 Å². The van der Waals surface area contributed by atoms with Crippen molar-refractivity contribution in [2.45, 2.75) is 25.6 Å². The van der Waals surface area contributed by atoms with Crippen LogP contribution < -0.4 is 28.1 Å². The monoisotopic (exact) mass is 534 g/mol. The Morgan fingerprint density at radius 3 is 2.39 bits per heavy atom. The standard InChI is InChI=1S/C25H30F4N8O/c26-21-13-16(3-4-17(21)15-37(11-1-9-30)12-2-10-33-23(31)32)20-14-34-24(36-22(20)38)35-19-7-5-18(6-8-19)25(27,28)29/h3-8,13-14H,1-2,9-12,15,30H2,(H4,31,32,33)(H2,34,35,36,38). The number of aliphatic imine (C=N–C) groups is 1. The van der Waals surface area contributed by atoms with Gasteiger partial charge in [0.1, 0.15) is 5.82 Å². The zero-order valence-corrected chi connectivity index (χ0v) is 20.6. The van der Waals surface area contributed by atoms with Gasteiger partial charge in [-0.1, -0.05) is 12.1 Å². The molecule has 38 heavy (non-hydrogen) atoms. The van der Waals surface area contributed by atoms with Gasteiger partial charge in [-0.05, 0) is 61.8 Å². The van der Waals surface area contributed by atoms with Crippen molar-refractivity contribution in [2.24, 2.45) is 22.2 Å². The number of nitrogens with zero attached hydrogens (tertiary/aromatic N) is 3. The van der Waals surface area contributed by atoms with Crippen molar-refractivity contribution in [3.63, 3.8) is 0 Å². The summed E-state index contributed by atoms with van der Waals surface area (Å²) in [5.74, 6) is -0.421. The van der Waals surface area contributed by atoms with Gasteiger partial charge in [-0.2, -0.15) is 13.2 Å². The van der Waals surface area contributed by atoms with Crippen LogP contribution in [-0.4, -0.2) is 47.0 Å². The van der Waals surface area contributed by atoms with Crippen molar-refractivity contribution in [3.8, 4) is 11.1 Å². The number of hydrogen-bond acceptors (Lipinski definition) is 6. The van der Waals surface area contributed by atoms with Crippen molar-refractivity contribution in [1.29, 1.82) is 0 Å². The van der Waals surface area contributed by atoms with Crippen molar-refractivity contribution in [3.05, 3.63) is 76.0 Å². The average Bonchev–Trinajstić information content (AvgIpc) is 2.86. The molecule has 3 rings (SSSR count). The van der Waals surface area contributed by atoms with E-state index >= 15 is 0 Å². The Hall–Kier alpha value is -3.97. The van der Waals surface area contributed by atoms with Crippen molar-refractivity contribution < 1.29 is 17.6 Å². The number of nitrogens with one attached hydrogen (secondary N) is 2. The predicted octanol–water partition coefficient (Wildman–Crippen LogP) is 3.15. The molecule has 0 spiro atoms. The number of guanidine groups is 1. The first-order valence-electron chi connectivity index (χ1n) is 11.9. The minimum absolute atomic E-state index is 0.0213. The van der Waals surface area contributed by atoms with Gasteiger partial charge in [0.05, 0.1) is 11.1 Å². The fourth-order valence-corrected chi connectivity index (χ4v) is 3.71. The number of aromatic amines is 1. The molecule has 204 valence electrons. The van der Waals surface area contributed by atoms with Gasteiger partial charge < -0.3 is 22.5 Å². The summed E-state index contributed by atoms with van der Waals surface area (Å²) in [4.78, 5) is 25.3. The van der Waals surface area contributed by atoms with Gasteiger partial charge in [-0.3, -0.25) is 19.7 Å². The van der Waals surface area contributed by atoms with E-state index in [0.29, 0.717) is 56.0 Å². The van der Waals surface area contributed by atoms with Crippen molar-refractivity contribution in [2.75, 3.05) is 31.5 Å². The molecule has 3 aromatic rings. The van der Waals surface area contributed by atoms with E-state index in [-0.39, 0.29) is 17.5 Å². The van der Waals surface area contributed by atoms with Crippen LogP contribution in [0.25, 0.3) is 11.1 Å². The highest BCUT2D eigenvalue weighted by molar-refractivity contribution is 5.75. The Morgan fingerprint density at radius 2 is 1.79 bits per heavy atom. The molecule has 0 radical (unpaired) electrons. The fourth-order valence-electron chi connectivity index (χ4n) is 3.71.